The highest BCUT2D eigenvalue weighted by Gasteiger charge is 2.11. The largest absolute Gasteiger partial charge is 0.465 e. The number of methoxy groups -OCH3 is 1. The SMILES string of the molecule is COC(=O)c1ccc(Nc2ncc(Cl)c(-c3cnn(CCC#N)c3)n2)cc1. The summed E-state index contributed by atoms with van der Waals surface area (Å²) in [6.07, 6.45) is 5.29. The molecule has 2 aromatic heterocycles. The molecule has 0 bridgehead atoms. The number of esters is 1. The van der Waals surface area contributed by atoms with Gasteiger partial charge in [0, 0.05) is 17.4 Å². The number of nitrogens with zero attached hydrogens (tertiary/aromatic N) is 5. The van der Waals surface area contributed by atoms with Crippen LogP contribution in [0.25, 0.3) is 11.3 Å². The maximum Gasteiger partial charge on any atom is 0.337 e. The van der Waals surface area contributed by atoms with E-state index in [4.69, 9.17) is 16.9 Å². The van der Waals surface area contributed by atoms with Crippen molar-refractivity contribution in [1.82, 2.24) is 19.7 Å². The van der Waals surface area contributed by atoms with E-state index in [0.717, 1.165) is 5.56 Å². The fourth-order valence-corrected chi connectivity index (χ4v) is 2.54. The molecule has 0 saturated heterocycles. The second kappa shape index (κ2) is 8.29. The van der Waals surface area contributed by atoms with E-state index in [0.29, 0.717) is 40.9 Å². The molecule has 0 aliphatic rings. The molecule has 0 fully saturated rings. The Kier molecular flexibility index (Phi) is 5.64. The number of carbonyl (C=O) groups excluding carboxylic acids is 1. The number of aromatic nitrogens is 4. The van der Waals surface area contributed by atoms with Gasteiger partial charge in [-0.2, -0.15) is 10.4 Å². The molecule has 2 heterocycles. The molecule has 3 aromatic rings. The van der Waals surface area contributed by atoms with Crippen LogP contribution in [0.15, 0.2) is 42.9 Å². The van der Waals surface area contributed by atoms with E-state index in [2.05, 4.69) is 31.2 Å². The van der Waals surface area contributed by atoms with Crippen molar-refractivity contribution >= 4 is 29.2 Å². The van der Waals surface area contributed by atoms with Crippen LogP contribution in [0.3, 0.4) is 0 Å². The van der Waals surface area contributed by atoms with Gasteiger partial charge in [-0.05, 0) is 24.3 Å². The first-order valence-corrected chi connectivity index (χ1v) is 8.36. The highest BCUT2D eigenvalue weighted by molar-refractivity contribution is 6.32. The number of anilines is 2. The number of carbonyl (C=O) groups is 1. The number of aryl methyl sites for hydroxylation is 1. The molecule has 0 atom stereocenters. The number of rotatable bonds is 6. The fourth-order valence-electron chi connectivity index (χ4n) is 2.34. The monoisotopic (exact) mass is 382 g/mol. The van der Waals surface area contributed by atoms with Crippen molar-refractivity contribution in [3.63, 3.8) is 0 Å². The van der Waals surface area contributed by atoms with E-state index in [9.17, 15) is 4.79 Å². The van der Waals surface area contributed by atoms with E-state index >= 15 is 0 Å². The second-order valence-electron chi connectivity index (χ2n) is 5.48. The molecule has 1 N–H and O–H groups in total. The maximum absolute atomic E-state index is 11.5. The Hall–Kier alpha value is -3.44. The van der Waals surface area contributed by atoms with Gasteiger partial charge in [0.15, 0.2) is 0 Å². The molecular weight excluding hydrogens is 368 g/mol. The minimum absolute atomic E-state index is 0.352. The van der Waals surface area contributed by atoms with Crippen LogP contribution in [0, 0.1) is 11.3 Å². The van der Waals surface area contributed by atoms with Crippen molar-refractivity contribution in [2.24, 2.45) is 0 Å². The van der Waals surface area contributed by atoms with Crippen molar-refractivity contribution in [2.75, 3.05) is 12.4 Å². The van der Waals surface area contributed by atoms with Crippen molar-refractivity contribution < 1.29 is 9.53 Å². The summed E-state index contributed by atoms with van der Waals surface area (Å²) >= 11 is 6.23. The summed E-state index contributed by atoms with van der Waals surface area (Å²) < 4.78 is 6.34. The topological polar surface area (TPSA) is 106 Å². The first-order valence-electron chi connectivity index (χ1n) is 7.98. The van der Waals surface area contributed by atoms with Crippen LogP contribution in [0.5, 0.6) is 0 Å². The minimum atomic E-state index is -0.403. The summed E-state index contributed by atoms with van der Waals surface area (Å²) in [5.74, 6) is -0.0509. The molecule has 9 heteroatoms. The number of ether oxygens (including phenoxy) is 1. The second-order valence-corrected chi connectivity index (χ2v) is 5.89. The average Bonchev–Trinajstić information content (AvgIpc) is 3.16. The minimum Gasteiger partial charge on any atom is -0.465 e. The third-order valence-electron chi connectivity index (χ3n) is 3.67. The Bertz CT molecular complexity index is 994. The van der Waals surface area contributed by atoms with Gasteiger partial charge in [-0.3, -0.25) is 4.68 Å². The molecule has 27 heavy (non-hydrogen) atoms. The van der Waals surface area contributed by atoms with Crippen LogP contribution >= 0.6 is 11.6 Å². The lowest BCUT2D eigenvalue weighted by Crippen LogP contribution is -2.02. The van der Waals surface area contributed by atoms with Crippen molar-refractivity contribution in [3.05, 3.63) is 53.4 Å². The summed E-state index contributed by atoms with van der Waals surface area (Å²) in [6.45, 7) is 0.497. The average molecular weight is 383 g/mol. The third-order valence-corrected chi connectivity index (χ3v) is 3.94. The van der Waals surface area contributed by atoms with E-state index < -0.39 is 5.97 Å². The van der Waals surface area contributed by atoms with Gasteiger partial charge in [-0.1, -0.05) is 11.6 Å². The third kappa shape index (κ3) is 4.40. The first-order chi connectivity index (χ1) is 13.1. The maximum atomic E-state index is 11.5. The number of hydrogen-bond donors (Lipinski definition) is 1. The van der Waals surface area contributed by atoms with Crippen LogP contribution in [-0.2, 0) is 11.3 Å². The summed E-state index contributed by atoms with van der Waals surface area (Å²) in [4.78, 5) is 20.1. The number of hydrogen-bond acceptors (Lipinski definition) is 7. The van der Waals surface area contributed by atoms with Crippen LogP contribution in [0.4, 0.5) is 11.6 Å². The molecule has 0 aliphatic heterocycles. The van der Waals surface area contributed by atoms with Crippen molar-refractivity contribution in [2.45, 2.75) is 13.0 Å². The molecule has 3 rings (SSSR count). The quantitative estimate of drug-likeness (QED) is 0.651. The molecule has 136 valence electrons. The Morgan fingerprint density at radius 1 is 1.33 bits per heavy atom. The van der Waals surface area contributed by atoms with Gasteiger partial charge < -0.3 is 10.1 Å². The van der Waals surface area contributed by atoms with Gasteiger partial charge in [-0.15, -0.1) is 0 Å². The van der Waals surface area contributed by atoms with Gasteiger partial charge in [-0.25, -0.2) is 14.8 Å². The molecule has 0 aliphatic carbocycles. The number of benzene rings is 1. The number of nitrogens with one attached hydrogen (secondary N) is 1. The zero-order valence-electron chi connectivity index (χ0n) is 14.4. The zero-order valence-corrected chi connectivity index (χ0v) is 15.1. The molecule has 0 radical (unpaired) electrons. The lowest BCUT2D eigenvalue weighted by atomic mass is 10.2. The highest BCUT2D eigenvalue weighted by Crippen LogP contribution is 2.26. The molecular formula is C18H15ClN6O2. The predicted molar refractivity (Wildman–Crippen MR) is 99.6 cm³/mol. The standard InChI is InChI=1S/C18H15ClN6O2/c1-27-17(26)12-3-5-14(6-4-12)23-18-21-10-15(19)16(24-18)13-9-22-25(11-13)8-2-7-20/h3-6,9-11H,2,8H2,1H3,(H,21,23,24). The van der Waals surface area contributed by atoms with Crippen LogP contribution in [0.1, 0.15) is 16.8 Å². The Balaban J connectivity index is 1.80. The Labute approximate surface area is 160 Å². The predicted octanol–water partition coefficient (Wildman–Crippen LogP) is 3.44. The molecule has 0 saturated carbocycles. The highest BCUT2D eigenvalue weighted by atomic mass is 35.5. The van der Waals surface area contributed by atoms with Crippen molar-refractivity contribution in [3.8, 4) is 17.3 Å². The first kappa shape index (κ1) is 18.4. The Morgan fingerprint density at radius 3 is 2.81 bits per heavy atom. The molecule has 1 aromatic carbocycles. The van der Waals surface area contributed by atoms with E-state index in [1.807, 2.05) is 0 Å². The summed E-state index contributed by atoms with van der Waals surface area (Å²) in [7, 11) is 1.33. The van der Waals surface area contributed by atoms with E-state index in [-0.39, 0.29) is 0 Å². The molecule has 8 nitrogen and oxygen atoms in total. The summed E-state index contributed by atoms with van der Waals surface area (Å²) in [5.41, 5.74) is 2.42. The van der Waals surface area contributed by atoms with Crippen LogP contribution in [0.2, 0.25) is 5.02 Å². The van der Waals surface area contributed by atoms with Crippen LogP contribution in [-0.4, -0.2) is 32.8 Å². The van der Waals surface area contributed by atoms with Crippen LogP contribution < -0.4 is 5.32 Å². The lowest BCUT2D eigenvalue weighted by molar-refractivity contribution is 0.0601. The smallest absolute Gasteiger partial charge is 0.337 e. The summed E-state index contributed by atoms with van der Waals surface area (Å²) in [6, 6.07) is 8.81. The van der Waals surface area contributed by atoms with E-state index in [1.54, 1.807) is 41.3 Å². The normalized spacial score (nSPS) is 10.3. The van der Waals surface area contributed by atoms with Gasteiger partial charge in [0.25, 0.3) is 0 Å². The van der Waals surface area contributed by atoms with Gasteiger partial charge in [0.2, 0.25) is 5.95 Å². The van der Waals surface area contributed by atoms with Crippen molar-refractivity contribution in [1.29, 1.82) is 5.26 Å². The van der Waals surface area contributed by atoms with Gasteiger partial charge >= 0.3 is 5.97 Å². The summed E-state index contributed by atoms with van der Waals surface area (Å²) in [5, 5.41) is 16.3. The van der Waals surface area contributed by atoms with Gasteiger partial charge in [0.05, 0.1) is 54.8 Å². The van der Waals surface area contributed by atoms with Gasteiger partial charge in [0.1, 0.15) is 0 Å². The number of nitriles is 1. The molecule has 0 amide bonds. The zero-order chi connectivity index (χ0) is 19.2. The Morgan fingerprint density at radius 2 is 2.11 bits per heavy atom. The molecule has 0 unspecified atom stereocenters. The fraction of sp³-hybridized carbons (Fsp3) is 0.167. The van der Waals surface area contributed by atoms with E-state index in [1.165, 1.54) is 13.3 Å². The molecule has 0 spiro atoms. The lowest BCUT2D eigenvalue weighted by Gasteiger charge is -2.08. The number of halogens is 1.